The number of carbonyl (C=O) groups excluding carboxylic acids is 1. The number of hydrogen-bond acceptors (Lipinski definition) is 3. The molecule has 3 rings (SSSR count). The van der Waals surface area contributed by atoms with E-state index in [2.05, 4.69) is 5.32 Å². The first-order valence-corrected chi connectivity index (χ1v) is 9.21. The lowest BCUT2D eigenvalue weighted by Crippen LogP contribution is -2.27. The molecule has 0 fully saturated rings. The molecule has 0 bridgehead atoms. The Morgan fingerprint density at radius 2 is 1.77 bits per heavy atom. The normalized spacial score (nSPS) is 11.1. The van der Waals surface area contributed by atoms with Gasteiger partial charge in [0.2, 0.25) is 0 Å². The zero-order chi connectivity index (χ0) is 21.5. The maximum Gasteiger partial charge on any atom is 0.352 e. The third-order valence-corrected chi connectivity index (χ3v) is 4.28. The highest BCUT2D eigenvalue weighted by Crippen LogP contribution is 2.17. The zero-order valence-electron chi connectivity index (χ0n) is 16.3. The number of aliphatic carboxylic acids is 1. The van der Waals surface area contributed by atoms with Crippen LogP contribution in [0.25, 0.3) is 6.08 Å². The zero-order valence-corrected chi connectivity index (χ0v) is 16.3. The molecule has 3 aromatic carbocycles. The van der Waals surface area contributed by atoms with E-state index < -0.39 is 17.7 Å². The second-order valence-electron chi connectivity index (χ2n) is 6.64. The van der Waals surface area contributed by atoms with Crippen molar-refractivity contribution in [3.05, 3.63) is 107 Å². The van der Waals surface area contributed by atoms with E-state index in [-0.39, 0.29) is 11.3 Å². The molecule has 2 N–H and O–H groups in total. The highest BCUT2D eigenvalue weighted by Gasteiger charge is 2.16. The van der Waals surface area contributed by atoms with Gasteiger partial charge in [0.1, 0.15) is 23.9 Å². The minimum Gasteiger partial charge on any atom is -0.489 e. The molecule has 0 unspecified atom stereocenters. The Labute approximate surface area is 173 Å². The van der Waals surface area contributed by atoms with Crippen LogP contribution >= 0.6 is 0 Å². The summed E-state index contributed by atoms with van der Waals surface area (Å²) < 4.78 is 19.5. The maximum absolute atomic E-state index is 13.7. The number of hydrogen-bond donors (Lipinski definition) is 2. The van der Waals surface area contributed by atoms with Gasteiger partial charge in [-0.3, -0.25) is 4.79 Å². The summed E-state index contributed by atoms with van der Waals surface area (Å²) in [6, 6.07) is 20.1. The summed E-state index contributed by atoms with van der Waals surface area (Å²) in [5.74, 6) is -2.27. The lowest BCUT2D eigenvalue weighted by Gasteiger charge is -2.09. The summed E-state index contributed by atoms with van der Waals surface area (Å²) in [7, 11) is 0. The molecule has 5 nitrogen and oxygen atoms in total. The summed E-state index contributed by atoms with van der Waals surface area (Å²) in [5.41, 5.74) is 2.14. The van der Waals surface area contributed by atoms with Gasteiger partial charge in [0.05, 0.1) is 5.56 Å². The van der Waals surface area contributed by atoms with Crippen LogP contribution < -0.4 is 10.1 Å². The molecule has 0 atom stereocenters. The van der Waals surface area contributed by atoms with E-state index >= 15 is 0 Å². The quantitative estimate of drug-likeness (QED) is 0.565. The Bertz CT molecular complexity index is 1090. The minimum absolute atomic E-state index is 0.232. The number of ether oxygens (including phenoxy) is 1. The molecule has 152 valence electrons. The van der Waals surface area contributed by atoms with Gasteiger partial charge in [-0.25, -0.2) is 9.18 Å². The van der Waals surface area contributed by atoms with Crippen molar-refractivity contribution >= 4 is 18.0 Å². The number of carboxylic acid groups (broad SMARTS) is 1. The van der Waals surface area contributed by atoms with E-state index in [0.29, 0.717) is 17.9 Å². The van der Waals surface area contributed by atoms with Crippen LogP contribution in [0.5, 0.6) is 5.75 Å². The second kappa shape index (κ2) is 9.52. The van der Waals surface area contributed by atoms with Crippen molar-refractivity contribution in [1.29, 1.82) is 0 Å². The largest absolute Gasteiger partial charge is 0.489 e. The smallest absolute Gasteiger partial charge is 0.352 e. The molecule has 30 heavy (non-hydrogen) atoms. The van der Waals surface area contributed by atoms with Crippen molar-refractivity contribution in [2.75, 3.05) is 0 Å². The highest BCUT2D eigenvalue weighted by molar-refractivity contribution is 6.02. The molecule has 0 aliphatic heterocycles. The highest BCUT2D eigenvalue weighted by atomic mass is 19.1. The predicted octanol–water partition coefficient (Wildman–Crippen LogP) is 4.57. The number of carbonyl (C=O) groups is 2. The molecule has 6 heteroatoms. The van der Waals surface area contributed by atoms with Gasteiger partial charge in [-0.05, 0) is 48.4 Å². The Balaban J connectivity index is 1.69. The van der Waals surface area contributed by atoms with Crippen LogP contribution in [-0.4, -0.2) is 17.0 Å². The van der Waals surface area contributed by atoms with Crippen LogP contribution in [-0.2, 0) is 11.4 Å². The number of halogens is 1. The van der Waals surface area contributed by atoms with Crippen LogP contribution in [0, 0.1) is 12.7 Å². The number of benzene rings is 3. The van der Waals surface area contributed by atoms with Crippen molar-refractivity contribution in [2.45, 2.75) is 13.5 Å². The van der Waals surface area contributed by atoms with Crippen LogP contribution in [0.4, 0.5) is 4.39 Å². The first kappa shape index (κ1) is 20.8. The fourth-order valence-corrected chi connectivity index (χ4v) is 2.78. The third kappa shape index (κ3) is 5.54. The first-order chi connectivity index (χ1) is 14.4. The fraction of sp³-hybridized carbons (Fsp3) is 0.0833. The van der Waals surface area contributed by atoms with Crippen LogP contribution in [0.1, 0.15) is 27.0 Å². The average molecular weight is 405 g/mol. The molecule has 1 amide bonds. The van der Waals surface area contributed by atoms with Crippen LogP contribution in [0.2, 0.25) is 0 Å². The molecule has 0 spiro atoms. The van der Waals surface area contributed by atoms with E-state index in [4.69, 9.17) is 4.74 Å². The second-order valence-corrected chi connectivity index (χ2v) is 6.64. The topological polar surface area (TPSA) is 75.6 Å². The molecule has 0 aromatic heterocycles. The molecule has 0 heterocycles. The molecule has 0 saturated carbocycles. The third-order valence-electron chi connectivity index (χ3n) is 4.28. The van der Waals surface area contributed by atoms with E-state index in [9.17, 15) is 19.1 Å². The number of rotatable bonds is 7. The first-order valence-electron chi connectivity index (χ1n) is 9.21. The Morgan fingerprint density at radius 1 is 1.03 bits per heavy atom. The van der Waals surface area contributed by atoms with E-state index in [1.54, 1.807) is 24.3 Å². The minimum atomic E-state index is -1.33. The molecule has 0 saturated heterocycles. The van der Waals surface area contributed by atoms with Crippen molar-refractivity contribution in [1.82, 2.24) is 5.32 Å². The summed E-state index contributed by atoms with van der Waals surface area (Å²) in [6.45, 7) is 2.42. The molecule has 0 aliphatic carbocycles. The van der Waals surface area contributed by atoms with Gasteiger partial charge in [0, 0.05) is 0 Å². The van der Waals surface area contributed by atoms with E-state index in [0.717, 1.165) is 17.2 Å². The average Bonchev–Trinajstić information content (AvgIpc) is 2.73. The lowest BCUT2D eigenvalue weighted by molar-refractivity contribution is -0.132. The van der Waals surface area contributed by atoms with Gasteiger partial charge < -0.3 is 15.2 Å². The molecule has 0 aliphatic rings. The van der Waals surface area contributed by atoms with Gasteiger partial charge >= 0.3 is 5.97 Å². The van der Waals surface area contributed by atoms with Crippen molar-refractivity contribution < 1.29 is 23.8 Å². The van der Waals surface area contributed by atoms with E-state index in [1.165, 1.54) is 24.3 Å². The molecule has 3 aromatic rings. The monoisotopic (exact) mass is 405 g/mol. The standard InChI is InChI=1S/C24H20FNO4/c1-16-5-4-6-18(13-16)15-30-19-11-9-17(10-12-19)14-22(24(28)29)26-23(27)20-7-2-3-8-21(20)25/h2-14H,15H2,1H3,(H,26,27)(H,28,29). The van der Waals surface area contributed by atoms with Gasteiger partial charge in [-0.2, -0.15) is 0 Å². The van der Waals surface area contributed by atoms with Crippen LogP contribution in [0.15, 0.2) is 78.5 Å². The van der Waals surface area contributed by atoms with Gasteiger partial charge in [-0.1, -0.05) is 54.1 Å². The number of aryl methyl sites for hydroxylation is 1. The Kier molecular flexibility index (Phi) is 6.60. The number of carboxylic acids is 1. The Morgan fingerprint density at radius 3 is 2.43 bits per heavy atom. The lowest BCUT2D eigenvalue weighted by atomic mass is 10.1. The summed E-state index contributed by atoms with van der Waals surface area (Å²) in [4.78, 5) is 23.7. The van der Waals surface area contributed by atoms with Gasteiger partial charge in [0.25, 0.3) is 5.91 Å². The van der Waals surface area contributed by atoms with Gasteiger partial charge in [-0.15, -0.1) is 0 Å². The van der Waals surface area contributed by atoms with Gasteiger partial charge in [0.15, 0.2) is 0 Å². The summed E-state index contributed by atoms with van der Waals surface area (Å²) in [6.07, 6.45) is 1.30. The number of nitrogens with one attached hydrogen (secondary N) is 1. The maximum atomic E-state index is 13.7. The van der Waals surface area contributed by atoms with Crippen molar-refractivity contribution in [3.63, 3.8) is 0 Å². The number of amides is 1. The van der Waals surface area contributed by atoms with E-state index in [1.807, 2.05) is 31.2 Å². The van der Waals surface area contributed by atoms with Crippen molar-refractivity contribution in [2.24, 2.45) is 0 Å². The molecular weight excluding hydrogens is 385 g/mol. The molecular formula is C24H20FNO4. The van der Waals surface area contributed by atoms with Crippen molar-refractivity contribution in [3.8, 4) is 5.75 Å². The molecule has 0 radical (unpaired) electrons. The fourth-order valence-electron chi connectivity index (χ4n) is 2.78. The summed E-state index contributed by atoms with van der Waals surface area (Å²) in [5, 5.41) is 11.6. The predicted molar refractivity (Wildman–Crippen MR) is 111 cm³/mol. The SMILES string of the molecule is Cc1cccc(COc2ccc(C=C(NC(=O)c3ccccc3F)C(=O)O)cc2)c1. The summed E-state index contributed by atoms with van der Waals surface area (Å²) >= 11 is 0. The Hall–Kier alpha value is -3.93. The van der Waals surface area contributed by atoms with Crippen LogP contribution in [0.3, 0.4) is 0 Å².